The number of isocyanates is 1. The van der Waals surface area contributed by atoms with Crippen LogP contribution in [0.1, 0.15) is 24.2 Å². The molecule has 1 aromatic carbocycles. The Labute approximate surface area is 99.8 Å². The van der Waals surface area contributed by atoms with Crippen molar-refractivity contribution in [1.29, 1.82) is 0 Å². The normalized spacial score (nSPS) is 8.71. The average Bonchev–Trinajstić information content (AvgIpc) is 2.30. The molecule has 0 aromatic heterocycles. The largest absolute Gasteiger partial charge is 0.471 e. The molecule has 1 N–H and O–H groups in total. The number of carbonyl (C=O) groups is 1. The van der Waals surface area contributed by atoms with Crippen molar-refractivity contribution in [3.8, 4) is 5.75 Å². The molecule has 0 saturated heterocycles. The molecule has 0 fully saturated rings. The number of ether oxygens (including phenoxy) is 1. The molecule has 0 saturated carbocycles. The van der Waals surface area contributed by atoms with Crippen molar-refractivity contribution in [3.05, 3.63) is 29.8 Å². The maximum absolute atomic E-state index is 10.3. The number of aldehydes is 1. The molecule has 0 aliphatic carbocycles. The maximum atomic E-state index is 10.3. The Hall–Kier alpha value is -1.97. The molecule has 1 rings (SSSR count). The second kappa shape index (κ2) is 9.27. The third-order valence-electron chi connectivity index (χ3n) is 1.38. The summed E-state index contributed by atoms with van der Waals surface area (Å²) in [6, 6.07) is 6.49. The lowest BCUT2D eigenvalue weighted by molar-refractivity contribution is 0.112. The van der Waals surface area contributed by atoms with Crippen LogP contribution in [0.2, 0.25) is 0 Å². The van der Waals surface area contributed by atoms with E-state index in [2.05, 4.69) is 4.99 Å². The van der Waals surface area contributed by atoms with Gasteiger partial charge in [-0.1, -0.05) is 0 Å². The lowest BCUT2D eigenvalue weighted by atomic mass is 10.2. The molecule has 0 aliphatic heterocycles. The van der Waals surface area contributed by atoms with E-state index in [0.717, 1.165) is 6.29 Å². The molecule has 92 valence electrons. The van der Waals surface area contributed by atoms with Gasteiger partial charge in [0.05, 0.1) is 0 Å². The Morgan fingerprint density at radius 2 is 1.94 bits per heavy atom. The Bertz CT molecular complexity index is 364. The number of carbonyl (C=O) groups excluding carboxylic acids is 2. The van der Waals surface area contributed by atoms with Gasteiger partial charge in [-0.15, -0.1) is 0 Å². The van der Waals surface area contributed by atoms with Crippen LogP contribution < -0.4 is 4.74 Å². The zero-order chi connectivity index (χ0) is 13.1. The summed E-state index contributed by atoms with van der Waals surface area (Å²) in [7, 11) is 0. The molecule has 0 amide bonds. The first-order valence-corrected chi connectivity index (χ1v) is 5.00. The fourth-order valence-corrected chi connectivity index (χ4v) is 0.776. The van der Waals surface area contributed by atoms with Gasteiger partial charge in [-0.25, -0.2) is 4.79 Å². The van der Waals surface area contributed by atoms with Gasteiger partial charge in [-0.2, -0.15) is 4.99 Å². The van der Waals surface area contributed by atoms with Gasteiger partial charge in [-0.3, -0.25) is 4.79 Å². The summed E-state index contributed by atoms with van der Waals surface area (Å²) < 4.78 is 5.00. The SMILES string of the molecule is CC(C)O.O=C=NCOc1ccc(C=O)cc1. The number of nitrogens with zero attached hydrogens (tertiary/aromatic N) is 1. The van der Waals surface area contributed by atoms with Crippen LogP contribution in [0.25, 0.3) is 0 Å². The Balaban J connectivity index is 0.000000557. The van der Waals surface area contributed by atoms with Crippen LogP contribution in [0.4, 0.5) is 0 Å². The fraction of sp³-hybridized carbons (Fsp3) is 0.333. The minimum Gasteiger partial charge on any atom is -0.471 e. The third kappa shape index (κ3) is 8.99. The van der Waals surface area contributed by atoms with Crippen LogP contribution in [0.5, 0.6) is 5.75 Å². The van der Waals surface area contributed by atoms with Gasteiger partial charge in [0.2, 0.25) is 6.08 Å². The van der Waals surface area contributed by atoms with Gasteiger partial charge in [0, 0.05) is 11.7 Å². The summed E-state index contributed by atoms with van der Waals surface area (Å²) in [5.74, 6) is 0.560. The highest BCUT2D eigenvalue weighted by Gasteiger charge is 1.92. The molecular formula is C12H15NO4. The minimum atomic E-state index is -0.167. The van der Waals surface area contributed by atoms with E-state index < -0.39 is 0 Å². The molecule has 0 spiro atoms. The van der Waals surface area contributed by atoms with Crippen molar-refractivity contribution in [2.75, 3.05) is 6.73 Å². The zero-order valence-corrected chi connectivity index (χ0v) is 9.79. The van der Waals surface area contributed by atoms with Crippen molar-refractivity contribution in [1.82, 2.24) is 0 Å². The first-order valence-electron chi connectivity index (χ1n) is 5.00. The lowest BCUT2D eigenvalue weighted by Gasteiger charge is -2.00. The van der Waals surface area contributed by atoms with Crippen molar-refractivity contribution >= 4 is 12.4 Å². The molecule has 5 heteroatoms. The number of rotatable bonds is 4. The van der Waals surface area contributed by atoms with E-state index >= 15 is 0 Å². The van der Waals surface area contributed by atoms with Crippen molar-refractivity contribution in [2.45, 2.75) is 20.0 Å². The summed E-state index contributed by atoms with van der Waals surface area (Å²) in [5, 5.41) is 8.06. The second-order valence-electron chi connectivity index (χ2n) is 3.30. The molecule has 0 radical (unpaired) electrons. The van der Waals surface area contributed by atoms with Crippen LogP contribution in [-0.2, 0) is 4.79 Å². The quantitative estimate of drug-likeness (QED) is 0.490. The third-order valence-corrected chi connectivity index (χ3v) is 1.38. The number of aliphatic hydroxyl groups excluding tert-OH is 1. The molecule has 17 heavy (non-hydrogen) atoms. The molecule has 0 bridgehead atoms. The molecule has 5 nitrogen and oxygen atoms in total. The van der Waals surface area contributed by atoms with Gasteiger partial charge in [0.25, 0.3) is 0 Å². The van der Waals surface area contributed by atoms with E-state index in [1.54, 1.807) is 38.1 Å². The number of benzene rings is 1. The Morgan fingerprint density at radius 1 is 1.41 bits per heavy atom. The summed E-state index contributed by atoms with van der Waals surface area (Å²) in [4.78, 5) is 23.2. The molecule has 0 heterocycles. The first kappa shape index (κ1) is 15.0. The van der Waals surface area contributed by atoms with E-state index in [0.29, 0.717) is 11.3 Å². The number of hydrogen-bond acceptors (Lipinski definition) is 5. The number of hydrogen-bond donors (Lipinski definition) is 1. The topological polar surface area (TPSA) is 76.0 Å². The molecule has 0 aliphatic rings. The number of aliphatic imine (C=N–C) groups is 1. The summed E-state index contributed by atoms with van der Waals surface area (Å²) in [5.41, 5.74) is 0.575. The highest BCUT2D eigenvalue weighted by molar-refractivity contribution is 5.74. The van der Waals surface area contributed by atoms with Crippen molar-refractivity contribution in [3.63, 3.8) is 0 Å². The van der Waals surface area contributed by atoms with Crippen LogP contribution in [-0.4, -0.2) is 30.3 Å². The summed E-state index contributed by atoms with van der Waals surface area (Å²) >= 11 is 0. The van der Waals surface area contributed by atoms with Gasteiger partial charge in [0.1, 0.15) is 12.0 Å². The smallest absolute Gasteiger partial charge is 0.238 e. The van der Waals surface area contributed by atoms with Crippen molar-refractivity contribution in [2.24, 2.45) is 4.99 Å². The maximum Gasteiger partial charge on any atom is 0.238 e. The Kier molecular flexibility index (Phi) is 8.20. The monoisotopic (exact) mass is 237 g/mol. The fourth-order valence-electron chi connectivity index (χ4n) is 0.776. The molecule has 0 atom stereocenters. The second-order valence-corrected chi connectivity index (χ2v) is 3.30. The molecule has 0 unspecified atom stereocenters. The van der Waals surface area contributed by atoms with E-state index in [4.69, 9.17) is 9.84 Å². The van der Waals surface area contributed by atoms with E-state index in [9.17, 15) is 9.59 Å². The minimum absolute atomic E-state index is 0.0517. The standard InChI is InChI=1S/C9H7NO3.C3H8O/c11-5-8-1-3-9(4-2-8)13-7-10-6-12;1-3(2)4/h1-5H,7H2;3-4H,1-2H3. The molecule has 1 aromatic rings. The van der Waals surface area contributed by atoms with E-state index in [-0.39, 0.29) is 12.8 Å². The highest BCUT2D eigenvalue weighted by Crippen LogP contribution is 2.10. The van der Waals surface area contributed by atoms with E-state index in [1.807, 2.05) is 0 Å². The predicted molar refractivity (Wildman–Crippen MR) is 62.8 cm³/mol. The first-order chi connectivity index (χ1) is 8.10. The summed E-state index contributed by atoms with van der Waals surface area (Å²) in [6.45, 7) is 3.39. The van der Waals surface area contributed by atoms with Gasteiger partial charge >= 0.3 is 0 Å². The average molecular weight is 237 g/mol. The van der Waals surface area contributed by atoms with Crippen LogP contribution in [0, 0.1) is 0 Å². The van der Waals surface area contributed by atoms with Gasteiger partial charge in [-0.05, 0) is 38.1 Å². The lowest BCUT2D eigenvalue weighted by Crippen LogP contribution is -1.93. The molecular weight excluding hydrogens is 222 g/mol. The van der Waals surface area contributed by atoms with Gasteiger partial charge < -0.3 is 9.84 Å². The van der Waals surface area contributed by atoms with Crippen LogP contribution in [0.3, 0.4) is 0 Å². The number of aliphatic hydroxyl groups is 1. The highest BCUT2D eigenvalue weighted by atomic mass is 16.5. The van der Waals surface area contributed by atoms with Crippen LogP contribution >= 0.6 is 0 Å². The van der Waals surface area contributed by atoms with Crippen molar-refractivity contribution < 1.29 is 19.4 Å². The van der Waals surface area contributed by atoms with Crippen LogP contribution in [0.15, 0.2) is 29.3 Å². The summed E-state index contributed by atoms with van der Waals surface area (Å²) in [6.07, 6.45) is 1.93. The Morgan fingerprint density at radius 3 is 2.35 bits per heavy atom. The van der Waals surface area contributed by atoms with Gasteiger partial charge in [0.15, 0.2) is 6.73 Å². The zero-order valence-electron chi connectivity index (χ0n) is 9.79. The predicted octanol–water partition coefficient (Wildman–Crippen LogP) is 1.56. The van der Waals surface area contributed by atoms with E-state index in [1.165, 1.54) is 6.08 Å².